The second kappa shape index (κ2) is 5.23. The molecule has 1 aromatic rings. The van der Waals surface area contributed by atoms with Crippen molar-refractivity contribution in [1.29, 1.82) is 0 Å². The number of ether oxygens (including phenoxy) is 2. The van der Waals surface area contributed by atoms with Crippen LogP contribution in [-0.2, 0) is 11.2 Å². The average molecular weight is 229 g/mol. The molecule has 0 spiro atoms. The van der Waals surface area contributed by atoms with Crippen LogP contribution in [0.1, 0.15) is 5.56 Å². The highest BCUT2D eigenvalue weighted by Gasteiger charge is 2.18. The SMILES string of the molecule is FC(F)Oc1ccccc1CC1CNCO1. The van der Waals surface area contributed by atoms with Crippen molar-refractivity contribution in [3.05, 3.63) is 29.8 Å². The molecule has 1 unspecified atom stereocenters. The van der Waals surface area contributed by atoms with Crippen molar-refractivity contribution in [1.82, 2.24) is 5.32 Å². The summed E-state index contributed by atoms with van der Waals surface area (Å²) >= 11 is 0. The molecule has 1 atom stereocenters. The van der Waals surface area contributed by atoms with Crippen LogP contribution in [0, 0.1) is 0 Å². The van der Waals surface area contributed by atoms with Crippen LogP contribution in [-0.4, -0.2) is 26.0 Å². The molecule has 0 radical (unpaired) electrons. The largest absolute Gasteiger partial charge is 0.435 e. The second-order valence-corrected chi connectivity index (χ2v) is 3.58. The number of halogens is 2. The number of hydrogen-bond acceptors (Lipinski definition) is 3. The van der Waals surface area contributed by atoms with Crippen molar-refractivity contribution in [2.75, 3.05) is 13.3 Å². The van der Waals surface area contributed by atoms with Gasteiger partial charge in [0.2, 0.25) is 0 Å². The van der Waals surface area contributed by atoms with Crippen molar-refractivity contribution in [3.8, 4) is 5.75 Å². The molecule has 16 heavy (non-hydrogen) atoms. The van der Waals surface area contributed by atoms with Crippen LogP contribution in [0.5, 0.6) is 5.75 Å². The highest BCUT2D eigenvalue weighted by atomic mass is 19.3. The summed E-state index contributed by atoms with van der Waals surface area (Å²) in [5.41, 5.74) is 0.747. The zero-order chi connectivity index (χ0) is 11.4. The van der Waals surface area contributed by atoms with E-state index in [4.69, 9.17) is 4.74 Å². The number of para-hydroxylation sites is 1. The zero-order valence-corrected chi connectivity index (χ0v) is 8.66. The molecule has 1 N–H and O–H groups in total. The highest BCUT2D eigenvalue weighted by Crippen LogP contribution is 2.22. The Morgan fingerprint density at radius 3 is 2.94 bits per heavy atom. The normalized spacial score (nSPS) is 20.3. The van der Waals surface area contributed by atoms with E-state index >= 15 is 0 Å². The minimum atomic E-state index is -2.79. The average Bonchev–Trinajstić information content (AvgIpc) is 2.73. The van der Waals surface area contributed by atoms with Gasteiger partial charge in [-0.3, -0.25) is 5.32 Å². The third-order valence-electron chi connectivity index (χ3n) is 2.43. The van der Waals surface area contributed by atoms with Crippen LogP contribution in [0.25, 0.3) is 0 Å². The van der Waals surface area contributed by atoms with Crippen LogP contribution in [0.15, 0.2) is 24.3 Å². The topological polar surface area (TPSA) is 30.5 Å². The van der Waals surface area contributed by atoms with Gasteiger partial charge in [0.05, 0.1) is 12.8 Å². The van der Waals surface area contributed by atoms with Crippen LogP contribution >= 0.6 is 0 Å². The van der Waals surface area contributed by atoms with Crippen molar-refractivity contribution in [2.24, 2.45) is 0 Å². The molecule has 1 heterocycles. The summed E-state index contributed by atoms with van der Waals surface area (Å²) in [4.78, 5) is 0. The third kappa shape index (κ3) is 2.90. The lowest BCUT2D eigenvalue weighted by Gasteiger charge is -2.13. The monoisotopic (exact) mass is 229 g/mol. The Bertz CT molecular complexity index is 341. The number of alkyl halides is 2. The summed E-state index contributed by atoms with van der Waals surface area (Å²) in [6, 6.07) is 6.80. The third-order valence-corrected chi connectivity index (χ3v) is 2.43. The fourth-order valence-electron chi connectivity index (χ4n) is 1.72. The first kappa shape index (κ1) is 11.3. The molecule has 0 amide bonds. The molecule has 0 aliphatic carbocycles. The maximum absolute atomic E-state index is 12.1. The molecule has 5 heteroatoms. The Morgan fingerprint density at radius 1 is 1.44 bits per heavy atom. The van der Waals surface area contributed by atoms with E-state index in [1.807, 2.05) is 0 Å². The molecule has 0 aromatic heterocycles. The maximum atomic E-state index is 12.1. The Hall–Kier alpha value is -1.20. The van der Waals surface area contributed by atoms with Crippen molar-refractivity contribution < 1.29 is 18.3 Å². The zero-order valence-electron chi connectivity index (χ0n) is 8.66. The van der Waals surface area contributed by atoms with Gasteiger partial charge in [0.1, 0.15) is 5.75 Å². The van der Waals surface area contributed by atoms with Gasteiger partial charge in [-0.15, -0.1) is 0 Å². The Kier molecular flexibility index (Phi) is 3.69. The predicted molar refractivity (Wildman–Crippen MR) is 54.5 cm³/mol. The Labute approximate surface area is 92.4 Å². The van der Waals surface area contributed by atoms with Gasteiger partial charge < -0.3 is 9.47 Å². The summed E-state index contributed by atoms with van der Waals surface area (Å²) < 4.78 is 34.1. The minimum absolute atomic E-state index is 0.0300. The molecular weight excluding hydrogens is 216 g/mol. The van der Waals surface area contributed by atoms with Crippen LogP contribution in [0.4, 0.5) is 8.78 Å². The summed E-state index contributed by atoms with van der Waals surface area (Å²) in [6.07, 6.45) is 0.609. The first-order valence-electron chi connectivity index (χ1n) is 5.11. The highest BCUT2D eigenvalue weighted by molar-refractivity contribution is 5.33. The second-order valence-electron chi connectivity index (χ2n) is 3.58. The van der Waals surface area contributed by atoms with E-state index in [0.29, 0.717) is 13.2 Å². The van der Waals surface area contributed by atoms with Crippen LogP contribution in [0.2, 0.25) is 0 Å². The molecule has 0 saturated carbocycles. The van der Waals surface area contributed by atoms with Crippen molar-refractivity contribution in [2.45, 2.75) is 19.1 Å². The van der Waals surface area contributed by atoms with Gasteiger partial charge in [-0.2, -0.15) is 8.78 Å². The van der Waals surface area contributed by atoms with Gasteiger partial charge >= 0.3 is 6.61 Å². The van der Waals surface area contributed by atoms with Gasteiger partial charge in [-0.1, -0.05) is 18.2 Å². The fourth-order valence-corrected chi connectivity index (χ4v) is 1.72. The van der Waals surface area contributed by atoms with Gasteiger partial charge in [0.25, 0.3) is 0 Å². The van der Waals surface area contributed by atoms with Gasteiger partial charge in [-0.05, 0) is 11.6 Å². The smallest absolute Gasteiger partial charge is 0.387 e. The van der Waals surface area contributed by atoms with Gasteiger partial charge in [0, 0.05) is 13.0 Å². The van der Waals surface area contributed by atoms with Crippen molar-refractivity contribution in [3.63, 3.8) is 0 Å². The summed E-state index contributed by atoms with van der Waals surface area (Å²) in [5.74, 6) is 0.230. The van der Waals surface area contributed by atoms with Crippen LogP contribution < -0.4 is 10.1 Å². The fraction of sp³-hybridized carbons (Fsp3) is 0.455. The summed E-state index contributed by atoms with van der Waals surface area (Å²) in [6.45, 7) is -1.53. The van der Waals surface area contributed by atoms with Gasteiger partial charge in [-0.25, -0.2) is 0 Å². The first-order valence-corrected chi connectivity index (χ1v) is 5.11. The number of hydrogen-bond donors (Lipinski definition) is 1. The number of rotatable bonds is 4. The molecule has 1 aliphatic rings. The van der Waals surface area contributed by atoms with E-state index in [0.717, 1.165) is 12.1 Å². The van der Waals surface area contributed by atoms with E-state index in [1.165, 1.54) is 0 Å². The Morgan fingerprint density at radius 2 is 2.25 bits per heavy atom. The molecule has 1 saturated heterocycles. The molecule has 1 fully saturated rings. The molecular formula is C11H13F2NO2. The van der Waals surface area contributed by atoms with Gasteiger partial charge in [0.15, 0.2) is 0 Å². The minimum Gasteiger partial charge on any atom is -0.435 e. The molecule has 2 rings (SSSR count). The molecule has 1 aromatic carbocycles. The summed E-state index contributed by atoms with van der Waals surface area (Å²) in [5, 5.41) is 3.04. The lowest BCUT2D eigenvalue weighted by Crippen LogP contribution is -2.17. The molecule has 1 aliphatic heterocycles. The van der Waals surface area contributed by atoms with E-state index in [2.05, 4.69) is 10.1 Å². The molecule has 88 valence electrons. The lowest BCUT2D eigenvalue weighted by molar-refractivity contribution is -0.0507. The first-order chi connectivity index (χ1) is 7.75. The number of benzene rings is 1. The van der Waals surface area contributed by atoms with Crippen LogP contribution in [0.3, 0.4) is 0 Å². The quantitative estimate of drug-likeness (QED) is 0.853. The predicted octanol–water partition coefficient (Wildman–Crippen LogP) is 1.78. The standard InChI is InChI=1S/C11H13F2NO2/c12-11(13)16-10-4-2-1-3-8(10)5-9-6-14-7-15-9/h1-4,9,11,14H,5-7H2. The van der Waals surface area contributed by atoms with E-state index in [9.17, 15) is 8.78 Å². The van der Waals surface area contributed by atoms with E-state index < -0.39 is 6.61 Å². The molecule has 0 bridgehead atoms. The van der Waals surface area contributed by atoms with Crippen molar-refractivity contribution >= 4 is 0 Å². The molecule has 3 nitrogen and oxygen atoms in total. The van der Waals surface area contributed by atoms with E-state index in [1.54, 1.807) is 24.3 Å². The lowest BCUT2D eigenvalue weighted by atomic mass is 10.1. The van der Waals surface area contributed by atoms with E-state index in [-0.39, 0.29) is 11.9 Å². The summed E-state index contributed by atoms with van der Waals surface area (Å²) in [7, 11) is 0. The maximum Gasteiger partial charge on any atom is 0.387 e. The number of nitrogens with one attached hydrogen (secondary N) is 1. The Balaban J connectivity index is 2.06.